The molecule has 88 valence electrons. The zero-order chi connectivity index (χ0) is 12.1. The lowest BCUT2D eigenvalue weighted by Gasteiger charge is -2.02. The van der Waals surface area contributed by atoms with E-state index in [9.17, 15) is 4.79 Å². The first-order chi connectivity index (χ1) is 7.49. The Morgan fingerprint density at radius 3 is 2.81 bits per heavy atom. The van der Waals surface area contributed by atoms with E-state index < -0.39 is 0 Å². The standard InChI is InChI=1S/C10H15N3OS2/c1-6(2)5-15-10-13-12-9(16-10)11-8(14)7(3)4/h7H,1,5H2,2-4H3,(H,11,12,14). The SMILES string of the molecule is C=C(C)CSc1nnc(NC(=O)C(C)C)s1. The smallest absolute Gasteiger partial charge is 0.228 e. The molecule has 0 aromatic carbocycles. The molecule has 0 radical (unpaired) electrons. The number of hydrogen-bond donors (Lipinski definition) is 1. The Bertz CT molecular complexity index is 387. The molecular formula is C10H15N3OS2. The maximum absolute atomic E-state index is 11.4. The molecule has 0 atom stereocenters. The monoisotopic (exact) mass is 257 g/mol. The molecule has 0 bridgehead atoms. The maximum atomic E-state index is 11.4. The summed E-state index contributed by atoms with van der Waals surface area (Å²) in [6.07, 6.45) is 0. The van der Waals surface area contributed by atoms with Crippen LogP contribution in [0.4, 0.5) is 5.13 Å². The summed E-state index contributed by atoms with van der Waals surface area (Å²) in [5, 5.41) is 11.2. The van der Waals surface area contributed by atoms with Gasteiger partial charge in [-0.2, -0.15) is 0 Å². The highest BCUT2D eigenvalue weighted by Crippen LogP contribution is 2.26. The summed E-state index contributed by atoms with van der Waals surface area (Å²) in [7, 11) is 0. The predicted octanol–water partition coefficient (Wildman–Crippen LogP) is 2.80. The summed E-state index contributed by atoms with van der Waals surface area (Å²) < 4.78 is 0.849. The second-order valence-corrected chi connectivity index (χ2v) is 5.96. The normalized spacial score (nSPS) is 10.5. The van der Waals surface area contributed by atoms with Crippen LogP contribution in [0.5, 0.6) is 0 Å². The molecular weight excluding hydrogens is 242 g/mol. The van der Waals surface area contributed by atoms with Crippen molar-refractivity contribution in [3.05, 3.63) is 12.2 Å². The van der Waals surface area contributed by atoms with Crippen LogP contribution >= 0.6 is 23.1 Å². The van der Waals surface area contributed by atoms with Crippen molar-refractivity contribution >= 4 is 34.1 Å². The first-order valence-corrected chi connectivity index (χ1v) is 6.70. The van der Waals surface area contributed by atoms with Crippen LogP contribution in [0.2, 0.25) is 0 Å². The molecule has 0 saturated carbocycles. The van der Waals surface area contributed by atoms with Gasteiger partial charge in [0.05, 0.1) is 0 Å². The summed E-state index contributed by atoms with van der Waals surface area (Å²) in [5.41, 5.74) is 1.09. The summed E-state index contributed by atoms with van der Waals surface area (Å²) in [6.45, 7) is 9.46. The highest BCUT2D eigenvalue weighted by Gasteiger charge is 2.11. The molecule has 1 rings (SSSR count). The van der Waals surface area contributed by atoms with Gasteiger partial charge in [0.2, 0.25) is 11.0 Å². The molecule has 1 heterocycles. The Labute approximate surface area is 104 Å². The van der Waals surface area contributed by atoms with Crippen LogP contribution in [0.3, 0.4) is 0 Å². The van der Waals surface area contributed by atoms with Gasteiger partial charge in [-0.3, -0.25) is 4.79 Å². The van der Waals surface area contributed by atoms with E-state index in [4.69, 9.17) is 0 Å². The fraction of sp³-hybridized carbons (Fsp3) is 0.500. The minimum absolute atomic E-state index is 0.0346. The quantitative estimate of drug-likeness (QED) is 0.500. The number of anilines is 1. The number of nitrogens with one attached hydrogen (secondary N) is 1. The van der Waals surface area contributed by atoms with Gasteiger partial charge in [-0.25, -0.2) is 0 Å². The Morgan fingerprint density at radius 2 is 2.25 bits per heavy atom. The number of aromatic nitrogens is 2. The van der Waals surface area contributed by atoms with E-state index in [2.05, 4.69) is 22.1 Å². The second kappa shape index (κ2) is 6.00. The summed E-state index contributed by atoms with van der Waals surface area (Å²) in [5.74, 6) is 0.746. The molecule has 0 spiro atoms. The van der Waals surface area contributed by atoms with Gasteiger partial charge in [-0.05, 0) is 6.92 Å². The van der Waals surface area contributed by atoms with Gasteiger partial charge in [0.15, 0.2) is 4.34 Å². The van der Waals surface area contributed by atoms with E-state index in [1.165, 1.54) is 11.3 Å². The predicted molar refractivity (Wildman–Crippen MR) is 68.9 cm³/mol. The third-order valence-electron chi connectivity index (χ3n) is 1.60. The average Bonchev–Trinajstić information content (AvgIpc) is 2.62. The zero-order valence-corrected chi connectivity index (χ0v) is 11.2. The second-order valence-electron chi connectivity index (χ2n) is 3.76. The molecule has 0 aliphatic heterocycles. The highest BCUT2D eigenvalue weighted by atomic mass is 32.2. The Hall–Kier alpha value is -0.880. The molecule has 0 saturated heterocycles. The molecule has 16 heavy (non-hydrogen) atoms. The fourth-order valence-electron chi connectivity index (χ4n) is 0.753. The lowest BCUT2D eigenvalue weighted by molar-refractivity contribution is -0.118. The molecule has 0 aliphatic rings. The molecule has 1 amide bonds. The van der Waals surface area contributed by atoms with Crippen LogP contribution in [-0.4, -0.2) is 21.9 Å². The first kappa shape index (κ1) is 13.2. The minimum Gasteiger partial charge on any atom is -0.300 e. The van der Waals surface area contributed by atoms with E-state index in [0.29, 0.717) is 5.13 Å². The van der Waals surface area contributed by atoms with Crippen LogP contribution < -0.4 is 5.32 Å². The summed E-state index contributed by atoms with van der Waals surface area (Å²) >= 11 is 2.97. The Kier molecular flexibility index (Phi) is 4.95. The summed E-state index contributed by atoms with van der Waals surface area (Å²) in [4.78, 5) is 11.4. The van der Waals surface area contributed by atoms with Gasteiger partial charge in [-0.15, -0.1) is 10.2 Å². The van der Waals surface area contributed by atoms with Crippen molar-refractivity contribution in [3.63, 3.8) is 0 Å². The molecule has 1 N–H and O–H groups in total. The van der Waals surface area contributed by atoms with E-state index in [1.807, 2.05) is 20.8 Å². The molecule has 0 aliphatic carbocycles. The lowest BCUT2D eigenvalue weighted by atomic mass is 10.2. The lowest BCUT2D eigenvalue weighted by Crippen LogP contribution is -2.17. The van der Waals surface area contributed by atoms with Crippen LogP contribution in [0.1, 0.15) is 20.8 Å². The minimum atomic E-state index is -0.0459. The van der Waals surface area contributed by atoms with Crippen LogP contribution in [0.15, 0.2) is 16.5 Å². The number of nitrogens with zero attached hydrogens (tertiary/aromatic N) is 2. The zero-order valence-electron chi connectivity index (χ0n) is 9.61. The third-order valence-corrected chi connectivity index (χ3v) is 3.81. The van der Waals surface area contributed by atoms with Crippen molar-refractivity contribution in [2.45, 2.75) is 25.1 Å². The largest absolute Gasteiger partial charge is 0.300 e. The molecule has 0 fully saturated rings. The van der Waals surface area contributed by atoms with Gasteiger partial charge in [0.25, 0.3) is 0 Å². The number of hydrogen-bond acceptors (Lipinski definition) is 5. The van der Waals surface area contributed by atoms with Crippen LogP contribution in [0.25, 0.3) is 0 Å². The number of thioether (sulfide) groups is 1. The maximum Gasteiger partial charge on any atom is 0.228 e. The van der Waals surface area contributed by atoms with Gasteiger partial charge >= 0.3 is 0 Å². The number of amides is 1. The van der Waals surface area contributed by atoms with Gasteiger partial charge in [-0.1, -0.05) is 49.1 Å². The van der Waals surface area contributed by atoms with Crippen molar-refractivity contribution in [2.75, 3.05) is 11.1 Å². The van der Waals surface area contributed by atoms with Crippen LogP contribution in [-0.2, 0) is 4.79 Å². The van der Waals surface area contributed by atoms with E-state index >= 15 is 0 Å². The molecule has 6 heteroatoms. The van der Waals surface area contributed by atoms with E-state index in [-0.39, 0.29) is 11.8 Å². The Balaban J connectivity index is 2.51. The van der Waals surface area contributed by atoms with Crippen molar-refractivity contribution in [3.8, 4) is 0 Å². The van der Waals surface area contributed by atoms with Crippen molar-refractivity contribution in [2.24, 2.45) is 5.92 Å². The third kappa shape index (κ3) is 4.32. The van der Waals surface area contributed by atoms with E-state index in [1.54, 1.807) is 11.8 Å². The number of carbonyl (C=O) groups excluding carboxylic acids is 1. The van der Waals surface area contributed by atoms with Gasteiger partial charge in [0, 0.05) is 11.7 Å². The molecule has 1 aromatic heterocycles. The molecule has 0 unspecified atom stereocenters. The topological polar surface area (TPSA) is 54.9 Å². The average molecular weight is 257 g/mol. The fourth-order valence-corrected chi connectivity index (χ4v) is 2.35. The Morgan fingerprint density at radius 1 is 1.56 bits per heavy atom. The van der Waals surface area contributed by atoms with Gasteiger partial charge < -0.3 is 5.32 Å². The summed E-state index contributed by atoms with van der Waals surface area (Å²) in [6, 6.07) is 0. The van der Waals surface area contributed by atoms with Gasteiger partial charge in [0.1, 0.15) is 0 Å². The number of rotatable bonds is 5. The highest BCUT2D eigenvalue weighted by molar-refractivity contribution is 8.01. The van der Waals surface area contributed by atoms with Crippen molar-refractivity contribution in [1.29, 1.82) is 0 Å². The van der Waals surface area contributed by atoms with Crippen LogP contribution in [0, 0.1) is 5.92 Å². The van der Waals surface area contributed by atoms with Crippen molar-refractivity contribution in [1.82, 2.24) is 10.2 Å². The van der Waals surface area contributed by atoms with E-state index in [0.717, 1.165) is 15.7 Å². The number of carbonyl (C=O) groups is 1. The molecule has 4 nitrogen and oxygen atoms in total. The first-order valence-electron chi connectivity index (χ1n) is 4.90. The van der Waals surface area contributed by atoms with Crippen molar-refractivity contribution < 1.29 is 4.79 Å². The molecule has 1 aromatic rings.